The molecule has 1 aliphatic carbocycles. The third-order valence-corrected chi connectivity index (χ3v) is 3.87. The average Bonchev–Trinajstić information content (AvgIpc) is 2.87. The third-order valence-electron chi connectivity index (χ3n) is 3.87. The van der Waals surface area contributed by atoms with Gasteiger partial charge in [0.05, 0.1) is 36.1 Å². The van der Waals surface area contributed by atoms with Crippen LogP contribution in [0.5, 0.6) is 0 Å². The molecule has 0 N–H and O–H groups in total. The second-order valence-electron chi connectivity index (χ2n) is 4.88. The van der Waals surface area contributed by atoms with E-state index in [0.29, 0.717) is 23.9 Å². The molecule has 2 fully saturated rings. The summed E-state index contributed by atoms with van der Waals surface area (Å²) in [6, 6.07) is 6.96. The summed E-state index contributed by atoms with van der Waals surface area (Å²) in [5, 5.41) is 8.76. The van der Waals surface area contributed by atoms with Gasteiger partial charge >= 0.3 is 0 Å². The molecular formula is C14H15FN2O. The quantitative estimate of drug-likeness (QED) is 0.763. The summed E-state index contributed by atoms with van der Waals surface area (Å²) in [4.78, 5) is 2.11. The molecule has 4 heteroatoms. The standard InChI is InChI=1S/C14H15FN2O/c15-11-8-10(9-16)4-5-12(11)17-6-7-18-14-3-1-2-13(14)17/h4-5,8,13-14H,1-3,6-7H2/t13-,14-/m1/s1. The van der Waals surface area contributed by atoms with Crippen LogP contribution in [0.15, 0.2) is 18.2 Å². The minimum absolute atomic E-state index is 0.244. The maximum Gasteiger partial charge on any atom is 0.147 e. The molecule has 0 unspecified atom stereocenters. The van der Waals surface area contributed by atoms with Crippen molar-refractivity contribution in [3.05, 3.63) is 29.6 Å². The Labute approximate surface area is 106 Å². The molecule has 1 saturated heterocycles. The summed E-state index contributed by atoms with van der Waals surface area (Å²) in [6.07, 6.45) is 3.51. The molecule has 1 aromatic rings. The largest absolute Gasteiger partial charge is 0.374 e. The Bertz CT molecular complexity index is 497. The van der Waals surface area contributed by atoms with Crippen LogP contribution in [0.25, 0.3) is 0 Å². The van der Waals surface area contributed by atoms with Crippen molar-refractivity contribution in [2.45, 2.75) is 31.4 Å². The van der Waals surface area contributed by atoms with Crippen LogP contribution in [-0.2, 0) is 4.74 Å². The number of morpholine rings is 1. The molecule has 2 aliphatic rings. The van der Waals surface area contributed by atoms with Crippen molar-refractivity contribution in [3.63, 3.8) is 0 Å². The second-order valence-corrected chi connectivity index (χ2v) is 4.88. The molecule has 3 rings (SSSR count). The Balaban J connectivity index is 1.92. The van der Waals surface area contributed by atoms with E-state index in [1.807, 2.05) is 6.07 Å². The second kappa shape index (κ2) is 4.58. The SMILES string of the molecule is N#Cc1ccc(N2CCO[C@@H]3CCC[C@H]32)c(F)c1. The van der Waals surface area contributed by atoms with Gasteiger partial charge in [0.15, 0.2) is 0 Å². The van der Waals surface area contributed by atoms with Crippen molar-refractivity contribution < 1.29 is 9.13 Å². The molecule has 2 atom stereocenters. The zero-order valence-electron chi connectivity index (χ0n) is 10.1. The van der Waals surface area contributed by atoms with Crippen LogP contribution < -0.4 is 4.90 Å². The highest BCUT2D eigenvalue weighted by atomic mass is 19.1. The van der Waals surface area contributed by atoms with Gasteiger partial charge in [0, 0.05) is 6.54 Å². The highest BCUT2D eigenvalue weighted by Gasteiger charge is 2.36. The lowest BCUT2D eigenvalue weighted by Gasteiger charge is -2.39. The van der Waals surface area contributed by atoms with Crippen molar-refractivity contribution in [1.29, 1.82) is 5.26 Å². The summed E-state index contributed by atoms with van der Waals surface area (Å²) in [5.74, 6) is -0.304. The monoisotopic (exact) mass is 246 g/mol. The minimum Gasteiger partial charge on any atom is -0.374 e. The molecule has 1 saturated carbocycles. The van der Waals surface area contributed by atoms with Crippen LogP contribution in [0.3, 0.4) is 0 Å². The van der Waals surface area contributed by atoms with Gasteiger partial charge in [-0.25, -0.2) is 4.39 Å². The highest BCUT2D eigenvalue weighted by Crippen LogP contribution is 2.34. The fourth-order valence-electron chi connectivity index (χ4n) is 3.03. The highest BCUT2D eigenvalue weighted by molar-refractivity contribution is 5.52. The summed E-state index contributed by atoms with van der Waals surface area (Å²) in [5.41, 5.74) is 0.974. The fourth-order valence-corrected chi connectivity index (χ4v) is 3.03. The Morgan fingerprint density at radius 1 is 1.39 bits per heavy atom. The van der Waals surface area contributed by atoms with Gasteiger partial charge in [0.25, 0.3) is 0 Å². The van der Waals surface area contributed by atoms with Crippen LogP contribution in [-0.4, -0.2) is 25.3 Å². The molecule has 0 aromatic heterocycles. The van der Waals surface area contributed by atoms with Crippen molar-refractivity contribution in [2.24, 2.45) is 0 Å². The third kappa shape index (κ3) is 1.85. The molecule has 0 amide bonds. The van der Waals surface area contributed by atoms with Crippen LogP contribution in [0.2, 0.25) is 0 Å². The van der Waals surface area contributed by atoms with E-state index in [2.05, 4.69) is 4.90 Å². The van der Waals surface area contributed by atoms with Gasteiger partial charge in [-0.15, -0.1) is 0 Å². The van der Waals surface area contributed by atoms with Crippen molar-refractivity contribution in [2.75, 3.05) is 18.1 Å². The zero-order valence-corrected chi connectivity index (χ0v) is 10.1. The lowest BCUT2D eigenvalue weighted by Crippen LogP contribution is -2.49. The molecule has 1 aromatic carbocycles. The van der Waals surface area contributed by atoms with Gasteiger partial charge in [0.1, 0.15) is 5.82 Å². The number of hydrogen-bond donors (Lipinski definition) is 0. The van der Waals surface area contributed by atoms with E-state index in [1.165, 1.54) is 6.07 Å². The molecule has 94 valence electrons. The first-order valence-electron chi connectivity index (χ1n) is 6.37. The van der Waals surface area contributed by atoms with E-state index < -0.39 is 0 Å². The van der Waals surface area contributed by atoms with E-state index in [1.54, 1.807) is 12.1 Å². The van der Waals surface area contributed by atoms with Crippen LogP contribution in [0.1, 0.15) is 24.8 Å². The van der Waals surface area contributed by atoms with Crippen LogP contribution in [0.4, 0.5) is 10.1 Å². The average molecular weight is 246 g/mol. The topological polar surface area (TPSA) is 36.3 Å². The number of rotatable bonds is 1. The maximum atomic E-state index is 14.0. The molecule has 18 heavy (non-hydrogen) atoms. The molecule has 0 radical (unpaired) electrons. The van der Waals surface area contributed by atoms with Crippen molar-refractivity contribution in [1.82, 2.24) is 0 Å². The summed E-state index contributed by atoms with van der Waals surface area (Å²) in [7, 11) is 0. The maximum absolute atomic E-state index is 14.0. The lowest BCUT2D eigenvalue weighted by atomic mass is 10.1. The van der Waals surface area contributed by atoms with Gasteiger partial charge in [-0.1, -0.05) is 0 Å². The van der Waals surface area contributed by atoms with Crippen molar-refractivity contribution in [3.8, 4) is 6.07 Å². The summed E-state index contributed by atoms with van der Waals surface area (Å²) < 4.78 is 19.8. The number of ether oxygens (including phenoxy) is 1. The number of halogens is 1. The molecule has 0 bridgehead atoms. The van der Waals surface area contributed by atoms with Gasteiger partial charge in [-0.2, -0.15) is 5.26 Å². The predicted octanol–water partition coefficient (Wildman–Crippen LogP) is 2.46. The zero-order chi connectivity index (χ0) is 12.5. The number of hydrogen-bond acceptors (Lipinski definition) is 3. The van der Waals surface area contributed by atoms with E-state index >= 15 is 0 Å². The van der Waals surface area contributed by atoms with Gasteiger partial charge in [-0.05, 0) is 37.5 Å². The Morgan fingerprint density at radius 3 is 3.06 bits per heavy atom. The smallest absolute Gasteiger partial charge is 0.147 e. The molecule has 1 aliphatic heterocycles. The minimum atomic E-state index is -0.304. The number of nitrogens with zero attached hydrogens (tertiary/aromatic N) is 2. The first-order chi connectivity index (χ1) is 8.79. The Kier molecular flexibility index (Phi) is 2.92. The first kappa shape index (κ1) is 11.5. The van der Waals surface area contributed by atoms with E-state index in [9.17, 15) is 4.39 Å². The Hall–Kier alpha value is -1.60. The van der Waals surface area contributed by atoms with Crippen LogP contribution >= 0.6 is 0 Å². The number of anilines is 1. The summed E-state index contributed by atoms with van der Waals surface area (Å²) >= 11 is 0. The van der Waals surface area contributed by atoms with E-state index in [4.69, 9.17) is 10.00 Å². The normalized spacial score (nSPS) is 26.8. The number of benzene rings is 1. The molecular weight excluding hydrogens is 231 g/mol. The summed E-state index contributed by atoms with van der Waals surface area (Å²) in [6.45, 7) is 1.38. The molecule has 3 nitrogen and oxygen atoms in total. The lowest BCUT2D eigenvalue weighted by molar-refractivity contribution is 0.0254. The van der Waals surface area contributed by atoms with E-state index in [-0.39, 0.29) is 11.9 Å². The van der Waals surface area contributed by atoms with E-state index in [0.717, 1.165) is 25.8 Å². The van der Waals surface area contributed by atoms with Gasteiger partial charge in [-0.3, -0.25) is 0 Å². The fraction of sp³-hybridized carbons (Fsp3) is 0.500. The van der Waals surface area contributed by atoms with Gasteiger partial charge in [0.2, 0.25) is 0 Å². The molecule has 0 spiro atoms. The first-order valence-corrected chi connectivity index (χ1v) is 6.37. The number of nitriles is 1. The van der Waals surface area contributed by atoms with Gasteiger partial charge < -0.3 is 9.64 Å². The predicted molar refractivity (Wildman–Crippen MR) is 65.8 cm³/mol. The Morgan fingerprint density at radius 2 is 2.28 bits per heavy atom. The number of fused-ring (bicyclic) bond motifs is 1. The van der Waals surface area contributed by atoms with Crippen LogP contribution in [0, 0.1) is 17.1 Å². The van der Waals surface area contributed by atoms with Crippen molar-refractivity contribution >= 4 is 5.69 Å². The molecule has 1 heterocycles.